The number of hydrogen-bond acceptors (Lipinski definition) is 1. The average Bonchev–Trinajstić information content (AvgIpc) is 2.39. The van der Waals surface area contributed by atoms with E-state index in [-0.39, 0.29) is 0 Å². The van der Waals surface area contributed by atoms with E-state index in [2.05, 4.69) is 30.4 Å². The molecule has 17 heavy (non-hydrogen) atoms. The normalized spacial score (nSPS) is 25.1. The van der Waals surface area contributed by atoms with Crippen LogP contribution in [0.4, 0.5) is 5.69 Å². The van der Waals surface area contributed by atoms with Crippen LogP contribution in [0, 0.1) is 12.8 Å². The Morgan fingerprint density at radius 2 is 1.88 bits per heavy atom. The molecule has 1 fully saturated rings. The SMILES string of the molecule is Cc1cccc2c1C(C1CCCCC1)CCN2. The minimum atomic E-state index is 0.827. The highest BCUT2D eigenvalue weighted by molar-refractivity contribution is 5.58. The minimum absolute atomic E-state index is 0.827. The lowest BCUT2D eigenvalue weighted by atomic mass is 9.73. The molecule has 0 spiro atoms. The summed E-state index contributed by atoms with van der Waals surface area (Å²) in [6.45, 7) is 3.44. The lowest BCUT2D eigenvalue weighted by Gasteiger charge is -2.36. The highest BCUT2D eigenvalue weighted by Crippen LogP contribution is 2.43. The van der Waals surface area contributed by atoms with Gasteiger partial charge in [-0.15, -0.1) is 0 Å². The summed E-state index contributed by atoms with van der Waals surface area (Å²) in [5.41, 5.74) is 4.53. The number of rotatable bonds is 1. The first-order valence-corrected chi connectivity index (χ1v) is 7.19. The van der Waals surface area contributed by atoms with Gasteiger partial charge in [-0.1, -0.05) is 31.4 Å². The molecule has 1 atom stereocenters. The van der Waals surface area contributed by atoms with E-state index in [0.29, 0.717) is 0 Å². The van der Waals surface area contributed by atoms with Crippen molar-refractivity contribution in [2.75, 3.05) is 11.9 Å². The van der Waals surface area contributed by atoms with E-state index in [1.165, 1.54) is 49.8 Å². The molecule has 1 aliphatic carbocycles. The van der Waals surface area contributed by atoms with Gasteiger partial charge in [0.25, 0.3) is 0 Å². The summed E-state index contributed by atoms with van der Waals surface area (Å²) in [4.78, 5) is 0. The van der Waals surface area contributed by atoms with Crippen molar-refractivity contribution < 1.29 is 0 Å². The predicted molar refractivity (Wildman–Crippen MR) is 73.6 cm³/mol. The molecular formula is C16H23N. The number of fused-ring (bicyclic) bond motifs is 1. The maximum Gasteiger partial charge on any atom is 0.0378 e. The van der Waals surface area contributed by atoms with Crippen LogP contribution in [0.2, 0.25) is 0 Å². The highest BCUT2D eigenvalue weighted by Gasteiger charge is 2.29. The molecule has 1 aliphatic heterocycles. The maximum absolute atomic E-state index is 3.57. The van der Waals surface area contributed by atoms with Gasteiger partial charge in [-0.2, -0.15) is 0 Å². The monoisotopic (exact) mass is 229 g/mol. The second-order valence-corrected chi connectivity index (χ2v) is 5.76. The second kappa shape index (κ2) is 4.72. The van der Waals surface area contributed by atoms with Crippen molar-refractivity contribution in [2.24, 2.45) is 5.92 Å². The van der Waals surface area contributed by atoms with Gasteiger partial charge in [0.05, 0.1) is 0 Å². The molecule has 1 saturated carbocycles. The van der Waals surface area contributed by atoms with Crippen molar-refractivity contribution in [3.8, 4) is 0 Å². The Labute approximate surface area is 105 Å². The first kappa shape index (κ1) is 11.1. The van der Waals surface area contributed by atoms with Crippen LogP contribution >= 0.6 is 0 Å². The molecular weight excluding hydrogens is 206 g/mol. The summed E-state index contributed by atoms with van der Waals surface area (Å²) >= 11 is 0. The van der Waals surface area contributed by atoms with Crippen molar-refractivity contribution in [3.05, 3.63) is 29.3 Å². The Bertz CT molecular complexity index is 391. The largest absolute Gasteiger partial charge is 0.385 e. The summed E-state index contributed by atoms with van der Waals surface area (Å²) in [5.74, 6) is 1.78. The molecule has 1 N–H and O–H groups in total. The standard InChI is InChI=1S/C16H23N/c1-12-6-5-9-15-16(12)14(10-11-17-15)13-7-3-2-4-8-13/h5-6,9,13-14,17H,2-4,7-8,10-11H2,1H3. The molecule has 0 radical (unpaired) electrons. The zero-order valence-corrected chi connectivity index (χ0v) is 10.8. The fourth-order valence-electron chi connectivity index (χ4n) is 3.84. The highest BCUT2D eigenvalue weighted by atomic mass is 14.9. The topological polar surface area (TPSA) is 12.0 Å². The Hall–Kier alpha value is -0.980. The molecule has 0 aromatic heterocycles. The zero-order valence-electron chi connectivity index (χ0n) is 10.8. The van der Waals surface area contributed by atoms with Crippen LogP contribution in [0.25, 0.3) is 0 Å². The smallest absolute Gasteiger partial charge is 0.0378 e. The third-order valence-corrected chi connectivity index (χ3v) is 4.68. The molecule has 2 aliphatic rings. The lowest BCUT2D eigenvalue weighted by Crippen LogP contribution is -2.25. The molecule has 1 aromatic carbocycles. The fraction of sp³-hybridized carbons (Fsp3) is 0.625. The van der Waals surface area contributed by atoms with Gasteiger partial charge in [-0.25, -0.2) is 0 Å². The summed E-state index contributed by atoms with van der Waals surface area (Å²) in [5, 5.41) is 3.57. The number of hydrogen-bond donors (Lipinski definition) is 1. The predicted octanol–water partition coefficient (Wildman–Crippen LogP) is 4.47. The molecule has 92 valence electrons. The Morgan fingerprint density at radius 1 is 1.06 bits per heavy atom. The number of nitrogens with one attached hydrogen (secondary N) is 1. The van der Waals surface area contributed by atoms with Crippen molar-refractivity contribution in [1.82, 2.24) is 0 Å². The molecule has 3 rings (SSSR count). The second-order valence-electron chi connectivity index (χ2n) is 5.76. The van der Waals surface area contributed by atoms with E-state index >= 15 is 0 Å². The molecule has 0 amide bonds. The Balaban J connectivity index is 1.92. The summed E-state index contributed by atoms with van der Waals surface area (Å²) in [7, 11) is 0. The van der Waals surface area contributed by atoms with Crippen LogP contribution in [-0.4, -0.2) is 6.54 Å². The van der Waals surface area contributed by atoms with Gasteiger partial charge in [-0.3, -0.25) is 0 Å². The van der Waals surface area contributed by atoms with Gasteiger partial charge in [0.1, 0.15) is 0 Å². The molecule has 0 bridgehead atoms. The van der Waals surface area contributed by atoms with Crippen LogP contribution in [0.1, 0.15) is 55.6 Å². The van der Waals surface area contributed by atoms with Crippen molar-refractivity contribution in [1.29, 1.82) is 0 Å². The first-order chi connectivity index (χ1) is 8.36. The summed E-state index contributed by atoms with van der Waals surface area (Å²) < 4.78 is 0. The third kappa shape index (κ3) is 2.08. The number of benzene rings is 1. The number of anilines is 1. The van der Waals surface area contributed by atoms with Gasteiger partial charge in [0.15, 0.2) is 0 Å². The zero-order chi connectivity index (χ0) is 11.7. The van der Waals surface area contributed by atoms with E-state index in [9.17, 15) is 0 Å². The van der Waals surface area contributed by atoms with Gasteiger partial charge in [0.2, 0.25) is 0 Å². The molecule has 1 aromatic rings. The fourth-order valence-corrected chi connectivity index (χ4v) is 3.84. The van der Waals surface area contributed by atoms with Crippen molar-refractivity contribution >= 4 is 5.69 Å². The van der Waals surface area contributed by atoms with Crippen molar-refractivity contribution in [2.45, 2.75) is 51.4 Å². The van der Waals surface area contributed by atoms with Crippen LogP contribution < -0.4 is 5.32 Å². The molecule has 1 heterocycles. The van der Waals surface area contributed by atoms with Crippen LogP contribution in [0.15, 0.2) is 18.2 Å². The van der Waals surface area contributed by atoms with Crippen LogP contribution in [-0.2, 0) is 0 Å². The Kier molecular flexibility index (Phi) is 3.09. The summed E-state index contributed by atoms with van der Waals surface area (Å²) in [6, 6.07) is 6.73. The molecule has 1 nitrogen and oxygen atoms in total. The third-order valence-electron chi connectivity index (χ3n) is 4.68. The molecule has 1 unspecified atom stereocenters. The van der Waals surface area contributed by atoms with E-state index < -0.39 is 0 Å². The van der Waals surface area contributed by atoms with Crippen molar-refractivity contribution in [3.63, 3.8) is 0 Å². The summed E-state index contributed by atoms with van der Waals surface area (Å²) in [6.07, 6.45) is 8.62. The van der Waals surface area contributed by atoms with E-state index in [1.807, 2.05) is 0 Å². The minimum Gasteiger partial charge on any atom is -0.385 e. The van der Waals surface area contributed by atoms with Gasteiger partial charge < -0.3 is 5.32 Å². The quantitative estimate of drug-likeness (QED) is 0.749. The average molecular weight is 229 g/mol. The number of aryl methyl sites for hydroxylation is 1. The van der Waals surface area contributed by atoms with E-state index in [0.717, 1.165) is 18.4 Å². The van der Waals surface area contributed by atoms with Gasteiger partial charge >= 0.3 is 0 Å². The van der Waals surface area contributed by atoms with Gasteiger partial charge in [-0.05, 0) is 55.2 Å². The van der Waals surface area contributed by atoms with E-state index in [4.69, 9.17) is 0 Å². The van der Waals surface area contributed by atoms with Gasteiger partial charge in [0, 0.05) is 12.2 Å². The lowest BCUT2D eigenvalue weighted by molar-refractivity contribution is 0.294. The van der Waals surface area contributed by atoms with Crippen LogP contribution in [0.3, 0.4) is 0 Å². The first-order valence-electron chi connectivity index (χ1n) is 7.19. The maximum atomic E-state index is 3.57. The molecule has 0 saturated heterocycles. The van der Waals surface area contributed by atoms with E-state index in [1.54, 1.807) is 5.56 Å². The molecule has 1 heteroatoms. The Morgan fingerprint density at radius 3 is 2.71 bits per heavy atom. The van der Waals surface area contributed by atoms with Crippen LogP contribution in [0.5, 0.6) is 0 Å².